The molecule has 4 aliphatic rings. The lowest BCUT2D eigenvalue weighted by Gasteiger charge is -2.68. The fourth-order valence-electron chi connectivity index (χ4n) is 9.11. The Kier molecular flexibility index (Phi) is 5.58. The van der Waals surface area contributed by atoms with Gasteiger partial charge in [-0.1, -0.05) is 54.5 Å². The Morgan fingerprint density at radius 2 is 1.78 bits per heavy atom. The summed E-state index contributed by atoms with van der Waals surface area (Å²) in [5.41, 5.74) is -1.54. The Hall–Kier alpha value is -2.21. The number of hydrogen-bond acceptors (Lipinski definition) is 6. The first-order valence-electron chi connectivity index (χ1n) is 13.4. The fourth-order valence-corrected chi connectivity index (χ4v) is 9.11. The van der Waals surface area contributed by atoms with Gasteiger partial charge in [0.15, 0.2) is 5.78 Å². The molecule has 0 amide bonds. The van der Waals surface area contributed by atoms with Crippen LogP contribution in [-0.4, -0.2) is 34.9 Å². The first-order valence-corrected chi connectivity index (χ1v) is 13.4. The summed E-state index contributed by atoms with van der Waals surface area (Å²) in [4.78, 5) is 39.9. The van der Waals surface area contributed by atoms with E-state index in [1.165, 1.54) is 0 Å². The molecule has 6 nitrogen and oxygen atoms in total. The normalized spacial score (nSPS) is 45.2. The number of aliphatic hydroxyl groups excluding tert-OH is 1. The molecule has 1 aromatic heterocycles. The second kappa shape index (κ2) is 7.89. The number of carbonyl (C=O) groups is 3. The van der Waals surface area contributed by atoms with E-state index in [4.69, 9.17) is 9.15 Å². The summed E-state index contributed by atoms with van der Waals surface area (Å²) in [5, 5.41) is 11.9. The molecule has 0 spiro atoms. The van der Waals surface area contributed by atoms with Crippen molar-refractivity contribution in [3.63, 3.8) is 0 Å². The molecule has 3 saturated carbocycles. The molecule has 0 bridgehead atoms. The third-order valence-electron chi connectivity index (χ3n) is 11.1. The predicted octanol–water partition coefficient (Wildman–Crippen LogP) is 5.10. The van der Waals surface area contributed by atoms with Crippen LogP contribution >= 0.6 is 0 Å². The summed E-state index contributed by atoms with van der Waals surface area (Å²) in [6.07, 6.45) is 7.09. The molecule has 0 aromatic carbocycles. The van der Waals surface area contributed by atoms with Gasteiger partial charge in [0, 0.05) is 34.5 Å². The molecule has 0 radical (unpaired) electrons. The zero-order valence-corrected chi connectivity index (χ0v) is 22.5. The van der Waals surface area contributed by atoms with Crippen LogP contribution in [0.15, 0.2) is 35.2 Å². The van der Waals surface area contributed by atoms with E-state index in [1.54, 1.807) is 18.6 Å². The molecule has 4 aliphatic carbocycles. The number of furan rings is 1. The number of esters is 1. The highest BCUT2D eigenvalue weighted by atomic mass is 16.5. The number of ether oxygens (including phenoxy) is 1. The van der Waals surface area contributed by atoms with Crippen molar-refractivity contribution in [1.82, 2.24) is 0 Å². The molecular formula is C30H40O6. The van der Waals surface area contributed by atoms with Gasteiger partial charge in [-0.15, -0.1) is 0 Å². The van der Waals surface area contributed by atoms with Crippen LogP contribution in [0.2, 0.25) is 0 Å². The van der Waals surface area contributed by atoms with Crippen LogP contribution < -0.4 is 0 Å². The zero-order chi connectivity index (χ0) is 26.4. The molecule has 5 rings (SSSR count). The zero-order valence-electron chi connectivity index (χ0n) is 22.5. The van der Waals surface area contributed by atoms with E-state index in [0.29, 0.717) is 19.3 Å². The minimum Gasteiger partial charge on any atom is -0.472 e. The topological polar surface area (TPSA) is 93.8 Å². The van der Waals surface area contributed by atoms with Gasteiger partial charge in [0.05, 0.1) is 24.5 Å². The monoisotopic (exact) mass is 496 g/mol. The second-order valence-corrected chi connectivity index (χ2v) is 13.4. The van der Waals surface area contributed by atoms with Crippen LogP contribution in [0.25, 0.3) is 0 Å². The highest BCUT2D eigenvalue weighted by molar-refractivity contribution is 5.96. The molecule has 3 fully saturated rings. The smallest absolute Gasteiger partial charge is 0.308 e. The third-order valence-corrected chi connectivity index (χ3v) is 11.1. The molecule has 1 N–H and O–H groups in total. The van der Waals surface area contributed by atoms with Crippen molar-refractivity contribution in [2.24, 2.45) is 45.3 Å². The maximum atomic E-state index is 14.0. The number of carbonyl (C=O) groups excluding carboxylic acids is 3. The summed E-state index contributed by atoms with van der Waals surface area (Å²) < 4.78 is 11.7. The lowest BCUT2D eigenvalue weighted by atomic mass is 9.36. The summed E-state index contributed by atoms with van der Waals surface area (Å²) in [6, 6.07) is 1.90. The Balaban J connectivity index is 1.69. The molecular weight excluding hydrogens is 456 g/mol. The standard InChI is InChI=1S/C30H40O6/c1-16(2)26(34)36-24-14-21-28(5)10-8-22(32)27(3,4)20(28)13-23(33)30(21,7)25-19(31)12-18(29(24,25)6)17-9-11-35-15-17/h8-11,15-16,18,20-21,23-25,33H,12-14H2,1-7H3/t18-,20-,21+,23+,24-,25+,28-,29+,30-/m0/s1. The van der Waals surface area contributed by atoms with Gasteiger partial charge in [0.2, 0.25) is 0 Å². The number of rotatable bonds is 3. The van der Waals surface area contributed by atoms with E-state index in [1.807, 2.05) is 39.8 Å². The average molecular weight is 497 g/mol. The van der Waals surface area contributed by atoms with Gasteiger partial charge < -0.3 is 14.3 Å². The predicted molar refractivity (Wildman–Crippen MR) is 134 cm³/mol. The maximum absolute atomic E-state index is 14.0. The molecule has 6 heteroatoms. The highest BCUT2D eigenvalue weighted by Crippen LogP contribution is 2.73. The first-order chi connectivity index (χ1) is 16.7. The second-order valence-electron chi connectivity index (χ2n) is 13.4. The first kappa shape index (κ1) is 25.4. The Bertz CT molecular complexity index is 1110. The molecule has 0 saturated heterocycles. The molecule has 0 unspecified atom stereocenters. The maximum Gasteiger partial charge on any atom is 0.308 e. The minimum absolute atomic E-state index is 0.0705. The van der Waals surface area contributed by atoms with Crippen molar-refractivity contribution in [3.05, 3.63) is 36.3 Å². The number of Topliss-reactive ketones (excluding diaryl/α,β-unsaturated/α-hetero) is 1. The van der Waals surface area contributed by atoms with Crippen molar-refractivity contribution < 1.29 is 28.6 Å². The van der Waals surface area contributed by atoms with Crippen molar-refractivity contribution in [2.75, 3.05) is 0 Å². The number of fused-ring (bicyclic) bond motifs is 5. The quantitative estimate of drug-likeness (QED) is 0.585. The number of hydrogen-bond donors (Lipinski definition) is 1. The lowest BCUT2D eigenvalue weighted by molar-refractivity contribution is -0.239. The van der Waals surface area contributed by atoms with Crippen LogP contribution in [-0.2, 0) is 19.1 Å². The van der Waals surface area contributed by atoms with E-state index >= 15 is 0 Å². The van der Waals surface area contributed by atoms with E-state index < -0.39 is 39.8 Å². The van der Waals surface area contributed by atoms with Gasteiger partial charge in [0.25, 0.3) is 0 Å². The van der Waals surface area contributed by atoms with Gasteiger partial charge in [-0.05, 0) is 47.8 Å². The molecule has 0 aliphatic heterocycles. The largest absolute Gasteiger partial charge is 0.472 e. The molecule has 36 heavy (non-hydrogen) atoms. The Morgan fingerprint density at radius 3 is 2.39 bits per heavy atom. The average Bonchev–Trinajstić information content (AvgIpc) is 3.42. The van der Waals surface area contributed by atoms with Crippen LogP contribution in [0.3, 0.4) is 0 Å². The van der Waals surface area contributed by atoms with Crippen molar-refractivity contribution in [3.8, 4) is 0 Å². The van der Waals surface area contributed by atoms with E-state index in [-0.39, 0.29) is 41.2 Å². The van der Waals surface area contributed by atoms with Gasteiger partial charge in [-0.25, -0.2) is 0 Å². The van der Waals surface area contributed by atoms with Crippen molar-refractivity contribution in [2.45, 2.75) is 85.9 Å². The Labute approximate surface area is 213 Å². The molecule has 1 heterocycles. The summed E-state index contributed by atoms with van der Waals surface area (Å²) >= 11 is 0. The molecule has 196 valence electrons. The molecule has 9 atom stereocenters. The summed E-state index contributed by atoms with van der Waals surface area (Å²) in [6.45, 7) is 13.9. The van der Waals surface area contributed by atoms with Crippen molar-refractivity contribution >= 4 is 17.5 Å². The van der Waals surface area contributed by atoms with E-state index in [2.05, 4.69) is 20.8 Å². The van der Waals surface area contributed by atoms with Crippen LogP contribution in [0.1, 0.15) is 79.2 Å². The van der Waals surface area contributed by atoms with Gasteiger partial charge in [-0.3, -0.25) is 14.4 Å². The third kappa shape index (κ3) is 3.09. The Morgan fingerprint density at radius 1 is 1.08 bits per heavy atom. The lowest BCUT2D eigenvalue weighted by Crippen LogP contribution is -2.69. The number of aliphatic hydroxyl groups is 1. The van der Waals surface area contributed by atoms with Crippen LogP contribution in [0, 0.1) is 45.3 Å². The summed E-state index contributed by atoms with van der Waals surface area (Å²) in [7, 11) is 0. The molecule has 1 aromatic rings. The van der Waals surface area contributed by atoms with Crippen molar-refractivity contribution in [1.29, 1.82) is 0 Å². The fraction of sp³-hybridized carbons (Fsp3) is 0.700. The number of allylic oxidation sites excluding steroid dienone is 2. The summed E-state index contributed by atoms with van der Waals surface area (Å²) in [5.74, 6) is -1.28. The van der Waals surface area contributed by atoms with Gasteiger partial charge in [-0.2, -0.15) is 0 Å². The van der Waals surface area contributed by atoms with Crippen LogP contribution in [0.4, 0.5) is 0 Å². The minimum atomic E-state index is -0.753. The highest BCUT2D eigenvalue weighted by Gasteiger charge is 2.74. The van der Waals surface area contributed by atoms with Gasteiger partial charge in [0.1, 0.15) is 11.9 Å². The van der Waals surface area contributed by atoms with Gasteiger partial charge >= 0.3 is 5.97 Å². The SMILES string of the molecule is CC(C)C(=O)O[C@H]1C[C@@H]2[C@@]3(C)C=CC(=O)C(C)(C)[C@@H]3C[C@@H](O)[C@@]2(C)[C@@H]2C(=O)C[C@@H](c3ccoc3)[C@@]21C. The number of ketones is 2. The van der Waals surface area contributed by atoms with Crippen LogP contribution in [0.5, 0.6) is 0 Å². The van der Waals surface area contributed by atoms with E-state index in [0.717, 1.165) is 5.56 Å². The van der Waals surface area contributed by atoms with E-state index in [9.17, 15) is 19.5 Å².